The van der Waals surface area contributed by atoms with E-state index in [0.717, 1.165) is 16.8 Å². The molecule has 3 heteroatoms. The zero-order chi connectivity index (χ0) is 11.4. The molecule has 0 unspecified atom stereocenters. The van der Waals surface area contributed by atoms with Gasteiger partial charge in [-0.1, -0.05) is 12.1 Å². The quantitative estimate of drug-likeness (QED) is 0.661. The van der Waals surface area contributed by atoms with Crippen LogP contribution in [-0.4, -0.2) is 12.8 Å². The van der Waals surface area contributed by atoms with Crippen LogP contribution in [0.25, 0.3) is 5.57 Å². The van der Waals surface area contributed by atoms with Gasteiger partial charge in [-0.15, -0.1) is 0 Å². The minimum atomic E-state index is 0.493. The van der Waals surface area contributed by atoms with Crippen LogP contribution >= 0.6 is 0 Å². The van der Waals surface area contributed by atoms with Crippen LogP contribution in [0.5, 0.6) is 0 Å². The predicted octanol–water partition coefficient (Wildman–Crippen LogP) is 2.46. The van der Waals surface area contributed by atoms with E-state index in [1.807, 2.05) is 38.2 Å². The van der Waals surface area contributed by atoms with Crippen LogP contribution in [-0.2, 0) is 0 Å². The minimum Gasteiger partial charge on any atom is -0.402 e. The summed E-state index contributed by atoms with van der Waals surface area (Å²) in [6, 6.07) is 7.88. The Morgan fingerprint density at radius 2 is 1.73 bits per heavy atom. The van der Waals surface area contributed by atoms with Gasteiger partial charge < -0.3 is 16.5 Å². The van der Waals surface area contributed by atoms with Crippen LogP contribution in [0.2, 0.25) is 0 Å². The maximum atomic E-state index is 7.66. The van der Waals surface area contributed by atoms with Gasteiger partial charge in [-0.2, -0.15) is 0 Å². The fraction of sp³-hybridized carbons (Fsp3) is 0.250. The third-order valence-electron chi connectivity index (χ3n) is 2.23. The zero-order valence-corrected chi connectivity index (χ0v) is 9.39. The molecular formula is C12H17N3. The average molecular weight is 203 g/mol. The molecule has 0 aliphatic heterocycles. The molecule has 1 aromatic carbocycles. The molecule has 0 heterocycles. The van der Waals surface area contributed by atoms with Crippen molar-refractivity contribution in [3.63, 3.8) is 0 Å². The number of benzene rings is 1. The Kier molecular flexibility index (Phi) is 3.50. The van der Waals surface area contributed by atoms with Crippen LogP contribution in [0.15, 0.2) is 30.0 Å². The molecule has 15 heavy (non-hydrogen) atoms. The topological polar surface area (TPSA) is 61.9 Å². The third-order valence-corrected chi connectivity index (χ3v) is 2.23. The lowest BCUT2D eigenvalue weighted by Crippen LogP contribution is -2.04. The monoisotopic (exact) mass is 203 g/mol. The second kappa shape index (κ2) is 4.64. The molecule has 4 N–H and O–H groups in total. The Balaban J connectivity index is 3.15. The Hall–Kier alpha value is -1.77. The first-order valence-corrected chi connectivity index (χ1v) is 4.86. The van der Waals surface area contributed by atoms with Crippen molar-refractivity contribution in [1.82, 2.24) is 0 Å². The second-order valence-corrected chi connectivity index (χ2v) is 3.51. The summed E-state index contributed by atoms with van der Waals surface area (Å²) in [5, 5.41) is 10.7. The fourth-order valence-electron chi connectivity index (χ4n) is 1.54. The van der Waals surface area contributed by atoms with Crippen molar-refractivity contribution in [2.24, 2.45) is 5.73 Å². The molecule has 1 aromatic rings. The fourth-order valence-corrected chi connectivity index (χ4v) is 1.54. The zero-order valence-electron chi connectivity index (χ0n) is 9.39. The molecule has 0 atom stereocenters. The number of allylic oxidation sites excluding steroid dienone is 2. The summed E-state index contributed by atoms with van der Waals surface area (Å²) in [4.78, 5) is 0. The van der Waals surface area contributed by atoms with Crippen molar-refractivity contribution < 1.29 is 0 Å². The van der Waals surface area contributed by atoms with E-state index in [4.69, 9.17) is 11.1 Å². The van der Waals surface area contributed by atoms with Crippen molar-refractivity contribution in [2.45, 2.75) is 13.8 Å². The lowest BCUT2D eigenvalue weighted by molar-refractivity contribution is 1.32. The van der Waals surface area contributed by atoms with E-state index in [1.54, 1.807) is 6.92 Å². The molecule has 3 nitrogen and oxygen atoms in total. The minimum absolute atomic E-state index is 0.493. The molecule has 0 fully saturated rings. The molecule has 0 amide bonds. The first kappa shape index (κ1) is 11.3. The Bertz CT molecular complexity index is 384. The molecule has 1 rings (SSSR count). The van der Waals surface area contributed by atoms with E-state index >= 15 is 0 Å². The predicted molar refractivity (Wildman–Crippen MR) is 66.2 cm³/mol. The van der Waals surface area contributed by atoms with Gasteiger partial charge in [-0.25, -0.2) is 0 Å². The summed E-state index contributed by atoms with van der Waals surface area (Å²) < 4.78 is 0. The van der Waals surface area contributed by atoms with Crippen LogP contribution in [0, 0.1) is 5.41 Å². The van der Waals surface area contributed by atoms with Gasteiger partial charge in [0.25, 0.3) is 0 Å². The molecule has 0 bridgehead atoms. The number of nitrogens with one attached hydrogen (secondary N) is 2. The van der Waals surface area contributed by atoms with Crippen molar-refractivity contribution in [3.8, 4) is 0 Å². The number of hydrogen-bond donors (Lipinski definition) is 3. The van der Waals surface area contributed by atoms with E-state index in [1.165, 1.54) is 0 Å². The average Bonchev–Trinajstić information content (AvgIpc) is 2.18. The van der Waals surface area contributed by atoms with E-state index in [9.17, 15) is 0 Å². The lowest BCUT2D eigenvalue weighted by Gasteiger charge is -2.09. The summed E-state index contributed by atoms with van der Waals surface area (Å²) in [5.74, 6) is 0. The Morgan fingerprint density at radius 3 is 2.07 bits per heavy atom. The van der Waals surface area contributed by atoms with E-state index < -0.39 is 0 Å². The SMILES string of the molecule is CNc1ccc(/C(C(C)=N)=C(\C)N)cc1. The highest BCUT2D eigenvalue weighted by Gasteiger charge is 2.06. The van der Waals surface area contributed by atoms with Gasteiger partial charge in [0, 0.05) is 29.7 Å². The molecule has 0 aromatic heterocycles. The Morgan fingerprint density at radius 1 is 1.20 bits per heavy atom. The normalized spacial score (nSPS) is 11.9. The second-order valence-electron chi connectivity index (χ2n) is 3.51. The van der Waals surface area contributed by atoms with Crippen molar-refractivity contribution in [2.75, 3.05) is 12.4 Å². The summed E-state index contributed by atoms with van der Waals surface area (Å²) in [7, 11) is 1.88. The molecular weight excluding hydrogens is 186 g/mol. The van der Waals surface area contributed by atoms with Gasteiger partial charge in [0.2, 0.25) is 0 Å². The summed E-state index contributed by atoms with van der Waals surface area (Å²) in [5.41, 5.74) is 9.79. The molecule has 0 saturated heterocycles. The summed E-state index contributed by atoms with van der Waals surface area (Å²) in [6.45, 7) is 3.57. The number of nitrogens with two attached hydrogens (primary N) is 1. The van der Waals surface area contributed by atoms with Crippen molar-refractivity contribution in [3.05, 3.63) is 35.5 Å². The molecule has 0 aliphatic carbocycles. The molecule has 0 spiro atoms. The Labute approximate surface area is 90.5 Å². The molecule has 80 valence electrons. The highest BCUT2D eigenvalue weighted by molar-refractivity contribution is 6.21. The van der Waals surface area contributed by atoms with Gasteiger partial charge in [-0.3, -0.25) is 0 Å². The van der Waals surface area contributed by atoms with E-state index in [2.05, 4.69) is 5.32 Å². The standard InChI is InChI=1S/C12H17N3/c1-8(13)12(9(2)14)10-4-6-11(15-3)7-5-10/h4-7,13,15H,14H2,1-3H3/b12-9+,13-8?. The maximum absolute atomic E-state index is 7.66. The van der Waals surface area contributed by atoms with Gasteiger partial charge in [0.1, 0.15) is 0 Å². The van der Waals surface area contributed by atoms with Crippen LogP contribution in [0.1, 0.15) is 19.4 Å². The van der Waals surface area contributed by atoms with Gasteiger partial charge in [-0.05, 0) is 31.5 Å². The highest BCUT2D eigenvalue weighted by Crippen LogP contribution is 2.19. The van der Waals surface area contributed by atoms with E-state index in [-0.39, 0.29) is 0 Å². The highest BCUT2D eigenvalue weighted by atomic mass is 14.8. The van der Waals surface area contributed by atoms with E-state index in [0.29, 0.717) is 11.4 Å². The summed E-state index contributed by atoms with van der Waals surface area (Å²) in [6.07, 6.45) is 0. The lowest BCUT2D eigenvalue weighted by atomic mass is 10.00. The molecule has 0 radical (unpaired) electrons. The van der Waals surface area contributed by atoms with Crippen LogP contribution in [0.3, 0.4) is 0 Å². The molecule has 0 aliphatic rings. The number of anilines is 1. The first-order valence-electron chi connectivity index (χ1n) is 4.86. The van der Waals surface area contributed by atoms with Gasteiger partial charge in [0.15, 0.2) is 0 Å². The first-order chi connectivity index (χ1) is 7.06. The smallest absolute Gasteiger partial charge is 0.0378 e. The largest absolute Gasteiger partial charge is 0.402 e. The maximum Gasteiger partial charge on any atom is 0.0378 e. The third kappa shape index (κ3) is 2.59. The van der Waals surface area contributed by atoms with Gasteiger partial charge in [0.05, 0.1) is 0 Å². The number of rotatable bonds is 3. The number of hydrogen-bond acceptors (Lipinski definition) is 3. The van der Waals surface area contributed by atoms with Crippen molar-refractivity contribution >= 4 is 17.0 Å². The van der Waals surface area contributed by atoms with Crippen molar-refractivity contribution in [1.29, 1.82) is 5.41 Å². The molecule has 0 saturated carbocycles. The van der Waals surface area contributed by atoms with Gasteiger partial charge >= 0.3 is 0 Å². The summed E-state index contributed by atoms with van der Waals surface area (Å²) >= 11 is 0. The van der Waals surface area contributed by atoms with Crippen LogP contribution < -0.4 is 11.1 Å². The van der Waals surface area contributed by atoms with Crippen LogP contribution in [0.4, 0.5) is 5.69 Å².